The van der Waals surface area contributed by atoms with E-state index < -0.39 is 17.9 Å². The van der Waals surface area contributed by atoms with E-state index in [1.807, 2.05) is 6.26 Å². The third kappa shape index (κ3) is 4.06. The van der Waals surface area contributed by atoms with E-state index in [9.17, 15) is 19.2 Å². The number of rotatable bonds is 7. The van der Waals surface area contributed by atoms with Gasteiger partial charge in [-0.05, 0) is 49.5 Å². The van der Waals surface area contributed by atoms with Crippen molar-refractivity contribution in [2.45, 2.75) is 38.1 Å². The molecule has 0 radical (unpaired) electrons. The van der Waals surface area contributed by atoms with Gasteiger partial charge in [0.1, 0.15) is 6.04 Å². The molecule has 1 saturated heterocycles. The van der Waals surface area contributed by atoms with Crippen LogP contribution < -0.4 is 11.1 Å². The van der Waals surface area contributed by atoms with E-state index in [0.29, 0.717) is 30.7 Å². The molecule has 3 atom stereocenters. The van der Waals surface area contributed by atoms with Crippen molar-refractivity contribution in [2.24, 2.45) is 17.6 Å². The van der Waals surface area contributed by atoms with Crippen LogP contribution in [-0.4, -0.2) is 46.6 Å². The standard InChI is InChI=1S/C20H25N3O4S/c1-28-10-9-16(18(25)22-13-6-4-5-12(11-13)17(21)24)23-19(26)14-7-2-3-8-15(14)20(23)27/h4-6,11,14-16H,2-3,7-10H2,1H3,(H2,21,24)(H,22,25). The molecule has 1 aliphatic heterocycles. The summed E-state index contributed by atoms with van der Waals surface area (Å²) in [6.45, 7) is 0. The van der Waals surface area contributed by atoms with Crippen LogP contribution in [0.5, 0.6) is 0 Å². The Bertz CT molecular complexity index is 773. The molecule has 0 bridgehead atoms. The van der Waals surface area contributed by atoms with Crippen molar-refractivity contribution in [3.8, 4) is 0 Å². The van der Waals surface area contributed by atoms with E-state index in [0.717, 1.165) is 12.8 Å². The molecule has 3 unspecified atom stereocenters. The fraction of sp³-hybridized carbons (Fsp3) is 0.500. The number of likely N-dealkylation sites (tertiary alicyclic amines) is 1. The van der Waals surface area contributed by atoms with Crippen molar-refractivity contribution in [2.75, 3.05) is 17.3 Å². The highest BCUT2D eigenvalue weighted by Crippen LogP contribution is 2.39. The second-order valence-corrected chi connectivity index (χ2v) is 8.26. The Balaban J connectivity index is 1.82. The normalized spacial score (nSPS) is 22.7. The van der Waals surface area contributed by atoms with Crippen LogP contribution in [-0.2, 0) is 14.4 Å². The van der Waals surface area contributed by atoms with Gasteiger partial charge in [0.25, 0.3) is 0 Å². The van der Waals surface area contributed by atoms with Gasteiger partial charge in [-0.1, -0.05) is 18.9 Å². The van der Waals surface area contributed by atoms with E-state index in [1.165, 1.54) is 11.0 Å². The van der Waals surface area contributed by atoms with E-state index >= 15 is 0 Å². The van der Waals surface area contributed by atoms with Gasteiger partial charge in [0, 0.05) is 11.3 Å². The topological polar surface area (TPSA) is 110 Å². The van der Waals surface area contributed by atoms with Gasteiger partial charge in [-0.3, -0.25) is 24.1 Å². The summed E-state index contributed by atoms with van der Waals surface area (Å²) in [6.07, 6.45) is 5.61. The molecule has 8 heteroatoms. The van der Waals surface area contributed by atoms with E-state index in [2.05, 4.69) is 5.32 Å². The molecule has 1 saturated carbocycles. The van der Waals surface area contributed by atoms with Gasteiger partial charge >= 0.3 is 0 Å². The number of carbonyl (C=O) groups excluding carboxylic acids is 4. The number of nitrogens with zero attached hydrogens (tertiary/aromatic N) is 1. The Morgan fingerprint density at radius 2 is 1.86 bits per heavy atom. The maximum Gasteiger partial charge on any atom is 0.248 e. The highest BCUT2D eigenvalue weighted by atomic mass is 32.2. The monoisotopic (exact) mass is 403 g/mol. The van der Waals surface area contributed by atoms with Crippen LogP contribution in [0.2, 0.25) is 0 Å². The number of anilines is 1. The van der Waals surface area contributed by atoms with Gasteiger partial charge in [-0.15, -0.1) is 0 Å². The first-order chi connectivity index (χ1) is 13.4. The Hall–Kier alpha value is -2.35. The predicted molar refractivity (Wildman–Crippen MR) is 108 cm³/mol. The molecule has 1 aliphatic carbocycles. The molecule has 3 rings (SSSR count). The number of hydrogen-bond acceptors (Lipinski definition) is 5. The summed E-state index contributed by atoms with van der Waals surface area (Å²) in [5.41, 5.74) is 5.98. The lowest BCUT2D eigenvalue weighted by Crippen LogP contribution is -2.48. The van der Waals surface area contributed by atoms with Crippen molar-refractivity contribution in [3.63, 3.8) is 0 Å². The lowest BCUT2D eigenvalue weighted by molar-refractivity contribution is -0.146. The summed E-state index contributed by atoms with van der Waals surface area (Å²) >= 11 is 1.56. The minimum Gasteiger partial charge on any atom is -0.366 e. The summed E-state index contributed by atoms with van der Waals surface area (Å²) in [6, 6.07) is 5.45. The number of thioether (sulfide) groups is 1. The third-order valence-corrected chi connectivity index (χ3v) is 6.14. The summed E-state index contributed by atoms with van der Waals surface area (Å²) < 4.78 is 0. The molecule has 1 aromatic carbocycles. The molecular formula is C20H25N3O4S. The lowest BCUT2D eigenvalue weighted by Gasteiger charge is -2.26. The molecule has 2 fully saturated rings. The SMILES string of the molecule is CSCCC(C(=O)Nc1cccc(C(N)=O)c1)N1C(=O)C2CCCCC2C1=O. The number of imide groups is 1. The molecule has 1 aromatic rings. The van der Waals surface area contributed by atoms with E-state index in [-0.39, 0.29) is 29.2 Å². The Labute approximate surface area is 168 Å². The minimum atomic E-state index is -0.852. The van der Waals surface area contributed by atoms with Crippen molar-refractivity contribution in [3.05, 3.63) is 29.8 Å². The fourth-order valence-corrected chi connectivity index (χ4v) is 4.54. The molecule has 28 heavy (non-hydrogen) atoms. The molecular weight excluding hydrogens is 378 g/mol. The second-order valence-electron chi connectivity index (χ2n) is 7.28. The van der Waals surface area contributed by atoms with Gasteiger partial charge in [0.05, 0.1) is 11.8 Å². The van der Waals surface area contributed by atoms with Crippen LogP contribution in [0.4, 0.5) is 5.69 Å². The van der Waals surface area contributed by atoms with Gasteiger partial charge in [0.2, 0.25) is 23.6 Å². The average molecular weight is 404 g/mol. The number of nitrogens with two attached hydrogens (primary N) is 1. The number of benzene rings is 1. The van der Waals surface area contributed by atoms with Gasteiger partial charge in [0.15, 0.2) is 0 Å². The zero-order valence-electron chi connectivity index (χ0n) is 15.8. The average Bonchev–Trinajstić information content (AvgIpc) is 2.94. The first-order valence-electron chi connectivity index (χ1n) is 9.50. The summed E-state index contributed by atoms with van der Waals surface area (Å²) in [5, 5.41) is 2.74. The minimum absolute atomic E-state index is 0.221. The molecule has 0 spiro atoms. The van der Waals surface area contributed by atoms with Crippen LogP contribution >= 0.6 is 11.8 Å². The maximum absolute atomic E-state index is 13.0. The highest BCUT2D eigenvalue weighted by molar-refractivity contribution is 7.98. The molecule has 3 N–H and O–H groups in total. The molecule has 4 amide bonds. The molecule has 7 nitrogen and oxygen atoms in total. The first-order valence-corrected chi connectivity index (χ1v) is 10.9. The molecule has 2 aliphatic rings. The van der Waals surface area contributed by atoms with E-state index in [4.69, 9.17) is 5.73 Å². The number of primary amides is 1. The van der Waals surface area contributed by atoms with Gasteiger partial charge < -0.3 is 11.1 Å². The van der Waals surface area contributed by atoms with Crippen LogP contribution in [0.25, 0.3) is 0 Å². The van der Waals surface area contributed by atoms with Gasteiger partial charge in [-0.25, -0.2) is 0 Å². The quantitative estimate of drug-likeness (QED) is 0.677. The number of amides is 4. The Morgan fingerprint density at radius 3 is 2.43 bits per heavy atom. The van der Waals surface area contributed by atoms with Crippen LogP contribution in [0.15, 0.2) is 24.3 Å². The summed E-state index contributed by atoms with van der Waals surface area (Å²) in [5.74, 6) is -1.39. The van der Waals surface area contributed by atoms with Crippen LogP contribution in [0, 0.1) is 11.8 Å². The van der Waals surface area contributed by atoms with Crippen LogP contribution in [0.1, 0.15) is 42.5 Å². The number of hydrogen-bond donors (Lipinski definition) is 2. The predicted octanol–water partition coefficient (Wildman–Crippen LogP) is 2.02. The second kappa shape index (κ2) is 8.77. The molecule has 1 heterocycles. The van der Waals surface area contributed by atoms with Crippen molar-refractivity contribution >= 4 is 41.1 Å². The largest absolute Gasteiger partial charge is 0.366 e. The Morgan fingerprint density at radius 1 is 1.21 bits per heavy atom. The van der Waals surface area contributed by atoms with Crippen molar-refractivity contribution in [1.29, 1.82) is 0 Å². The number of nitrogens with one attached hydrogen (secondary N) is 1. The van der Waals surface area contributed by atoms with Crippen LogP contribution in [0.3, 0.4) is 0 Å². The van der Waals surface area contributed by atoms with E-state index in [1.54, 1.807) is 30.0 Å². The highest BCUT2D eigenvalue weighted by Gasteiger charge is 2.51. The first kappa shape index (κ1) is 20.4. The van der Waals surface area contributed by atoms with Gasteiger partial charge in [-0.2, -0.15) is 11.8 Å². The fourth-order valence-electron chi connectivity index (χ4n) is 4.08. The number of carbonyl (C=O) groups is 4. The maximum atomic E-state index is 13.0. The Kier molecular flexibility index (Phi) is 6.39. The summed E-state index contributed by atoms with van der Waals surface area (Å²) in [4.78, 5) is 51.4. The van der Waals surface area contributed by atoms with Crippen molar-refractivity contribution in [1.82, 2.24) is 4.90 Å². The number of fused-ring (bicyclic) bond motifs is 1. The lowest BCUT2D eigenvalue weighted by atomic mass is 9.81. The summed E-state index contributed by atoms with van der Waals surface area (Å²) in [7, 11) is 0. The molecule has 0 aromatic heterocycles. The van der Waals surface area contributed by atoms with Crippen molar-refractivity contribution < 1.29 is 19.2 Å². The molecule has 150 valence electrons. The third-order valence-electron chi connectivity index (χ3n) is 5.50. The zero-order chi connectivity index (χ0) is 20.3. The smallest absolute Gasteiger partial charge is 0.248 e. The zero-order valence-corrected chi connectivity index (χ0v) is 16.7.